The molecule has 1 N–H and O–H groups in total. The number of hydrogen-bond donors (Lipinski definition) is 1. The van der Waals surface area contributed by atoms with E-state index in [1.807, 2.05) is 0 Å². The third-order valence-corrected chi connectivity index (χ3v) is 3.58. The number of halogens is 3. The Balaban J connectivity index is 2.41. The number of methoxy groups -OCH3 is 1. The van der Waals surface area contributed by atoms with Crippen LogP contribution in [0.15, 0.2) is 42.5 Å². The molecule has 5 nitrogen and oxygen atoms in total. The molecule has 2 rings (SSSR count). The van der Waals surface area contributed by atoms with Crippen LogP contribution in [0.2, 0.25) is 0 Å². The van der Waals surface area contributed by atoms with Gasteiger partial charge in [0.25, 0.3) is 11.8 Å². The van der Waals surface area contributed by atoms with Crippen LogP contribution in [0.1, 0.15) is 26.3 Å². The number of hydrogen-bond acceptors (Lipinski definition) is 3. The van der Waals surface area contributed by atoms with Crippen LogP contribution in [-0.2, 0) is 6.18 Å². The number of amides is 2. The van der Waals surface area contributed by atoms with E-state index in [4.69, 9.17) is 4.74 Å². The van der Waals surface area contributed by atoms with E-state index in [0.717, 1.165) is 12.1 Å². The maximum atomic E-state index is 13.1. The molecule has 0 aliphatic rings. The first-order valence-corrected chi connectivity index (χ1v) is 7.52. The fourth-order valence-electron chi connectivity index (χ4n) is 2.31. The van der Waals surface area contributed by atoms with Crippen LogP contribution in [0.25, 0.3) is 0 Å². The van der Waals surface area contributed by atoms with Crippen molar-refractivity contribution in [1.29, 1.82) is 0 Å². The number of benzene rings is 2. The summed E-state index contributed by atoms with van der Waals surface area (Å²) in [6, 6.07) is 8.78. The van der Waals surface area contributed by atoms with Gasteiger partial charge in [-0.25, -0.2) is 0 Å². The van der Waals surface area contributed by atoms with Gasteiger partial charge in [-0.05, 0) is 30.3 Å². The maximum absolute atomic E-state index is 13.1. The smallest absolute Gasteiger partial charge is 0.417 e. The fraction of sp³-hybridized carbons (Fsp3) is 0.222. The van der Waals surface area contributed by atoms with E-state index < -0.39 is 23.2 Å². The van der Waals surface area contributed by atoms with E-state index in [1.54, 1.807) is 14.1 Å². The van der Waals surface area contributed by atoms with Gasteiger partial charge in [0.2, 0.25) is 0 Å². The molecule has 0 atom stereocenters. The average molecular weight is 366 g/mol. The van der Waals surface area contributed by atoms with Gasteiger partial charge >= 0.3 is 6.18 Å². The van der Waals surface area contributed by atoms with Crippen LogP contribution in [0.3, 0.4) is 0 Å². The van der Waals surface area contributed by atoms with E-state index in [9.17, 15) is 22.8 Å². The molecule has 2 amide bonds. The molecule has 0 bridgehead atoms. The number of carbonyl (C=O) groups excluding carboxylic acids is 2. The topological polar surface area (TPSA) is 58.6 Å². The van der Waals surface area contributed by atoms with E-state index in [-0.39, 0.29) is 22.9 Å². The first-order chi connectivity index (χ1) is 12.1. The Morgan fingerprint density at radius 2 is 1.73 bits per heavy atom. The minimum atomic E-state index is -4.67. The van der Waals surface area contributed by atoms with Gasteiger partial charge in [0, 0.05) is 19.7 Å². The lowest BCUT2D eigenvalue weighted by atomic mass is 10.1. The molecule has 0 aliphatic heterocycles. The fourth-order valence-corrected chi connectivity index (χ4v) is 2.31. The third-order valence-electron chi connectivity index (χ3n) is 3.58. The van der Waals surface area contributed by atoms with Gasteiger partial charge in [-0.1, -0.05) is 12.1 Å². The van der Waals surface area contributed by atoms with Crippen LogP contribution in [0.5, 0.6) is 5.75 Å². The second-order valence-electron chi connectivity index (χ2n) is 5.61. The molecule has 0 unspecified atom stereocenters. The molecule has 0 aliphatic carbocycles. The van der Waals surface area contributed by atoms with Crippen molar-refractivity contribution in [3.05, 3.63) is 59.2 Å². The third kappa shape index (κ3) is 4.14. The summed E-state index contributed by atoms with van der Waals surface area (Å²) in [4.78, 5) is 25.8. The minimum absolute atomic E-state index is 0.0992. The first-order valence-electron chi connectivity index (χ1n) is 7.52. The Morgan fingerprint density at radius 1 is 1.08 bits per heavy atom. The highest BCUT2D eigenvalue weighted by molar-refractivity contribution is 6.07. The maximum Gasteiger partial charge on any atom is 0.417 e. The Bertz CT molecular complexity index is 833. The van der Waals surface area contributed by atoms with E-state index >= 15 is 0 Å². The zero-order chi connectivity index (χ0) is 19.5. The van der Waals surface area contributed by atoms with Gasteiger partial charge < -0.3 is 15.0 Å². The summed E-state index contributed by atoms with van der Waals surface area (Å²) in [7, 11) is 4.47. The minimum Gasteiger partial charge on any atom is -0.495 e. The summed E-state index contributed by atoms with van der Waals surface area (Å²) in [5.41, 5.74) is -1.21. The summed E-state index contributed by atoms with van der Waals surface area (Å²) in [6.07, 6.45) is -4.67. The molecule has 0 heterocycles. The summed E-state index contributed by atoms with van der Waals surface area (Å²) >= 11 is 0. The SMILES string of the molecule is COc1ccc(C(=O)N(C)C)cc1NC(=O)c1ccccc1C(F)(F)F. The quantitative estimate of drug-likeness (QED) is 0.898. The molecule has 2 aromatic carbocycles. The number of carbonyl (C=O) groups is 2. The number of nitrogens with one attached hydrogen (secondary N) is 1. The molecule has 8 heteroatoms. The molecule has 0 spiro atoms. The largest absolute Gasteiger partial charge is 0.495 e. The molecule has 2 aromatic rings. The van der Waals surface area contributed by atoms with Crippen molar-refractivity contribution in [3.63, 3.8) is 0 Å². The molecule has 0 saturated heterocycles. The van der Waals surface area contributed by atoms with Gasteiger partial charge in [-0.3, -0.25) is 9.59 Å². The molecular formula is C18H17F3N2O3. The highest BCUT2D eigenvalue weighted by Crippen LogP contribution is 2.33. The zero-order valence-corrected chi connectivity index (χ0v) is 14.3. The normalized spacial score (nSPS) is 11.0. The molecule has 0 fully saturated rings. The van der Waals surface area contributed by atoms with Crippen molar-refractivity contribution in [1.82, 2.24) is 4.90 Å². The number of anilines is 1. The second kappa shape index (κ2) is 7.47. The van der Waals surface area contributed by atoms with Crippen molar-refractivity contribution in [2.45, 2.75) is 6.18 Å². The Labute approximate surface area is 148 Å². The summed E-state index contributed by atoms with van der Waals surface area (Å²) in [5.74, 6) is -1.05. The van der Waals surface area contributed by atoms with Crippen LogP contribution in [0, 0.1) is 0 Å². The zero-order valence-electron chi connectivity index (χ0n) is 14.3. The number of ether oxygens (including phenoxy) is 1. The summed E-state index contributed by atoms with van der Waals surface area (Å²) < 4.78 is 44.4. The summed E-state index contributed by atoms with van der Waals surface area (Å²) in [6.45, 7) is 0. The molecule has 26 heavy (non-hydrogen) atoms. The van der Waals surface area contributed by atoms with Crippen LogP contribution in [-0.4, -0.2) is 37.9 Å². The summed E-state index contributed by atoms with van der Waals surface area (Å²) in [5, 5.41) is 2.39. The lowest BCUT2D eigenvalue weighted by Crippen LogP contribution is -2.22. The predicted octanol–water partition coefficient (Wildman–Crippen LogP) is 3.67. The molecule has 0 saturated carbocycles. The predicted molar refractivity (Wildman–Crippen MR) is 90.4 cm³/mol. The van der Waals surface area contributed by atoms with Gasteiger partial charge in [-0.15, -0.1) is 0 Å². The van der Waals surface area contributed by atoms with E-state index in [1.165, 1.54) is 42.3 Å². The number of nitrogens with zero attached hydrogens (tertiary/aromatic N) is 1. The average Bonchev–Trinajstić information content (AvgIpc) is 2.60. The van der Waals surface area contributed by atoms with Crippen molar-refractivity contribution < 1.29 is 27.5 Å². The van der Waals surface area contributed by atoms with E-state index in [2.05, 4.69) is 5.32 Å². The van der Waals surface area contributed by atoms with E-state index in [0.29, 0.717) is 0 Å². The molecule has 138 valence electrons. The highest BCUT2D eigenvalue weighted by atomic mass is 19.4. The van der Waals surface area contributed by atoms with Gasteiger partial charge in [-0.2, -0.15) is 13.2 Å². The van der Waals surface area contributed by atoms with Crippen molar-refractivity contribution in [3.8, 4) is 5.75 Å². The highest BCUT2D eigenvalue weighted by Gasteiger charge is 2.35. The van der Waals surface area contributed by atoms with Gasteiger partial charge in [0.1, 0.15) is 5.75 Å². The molecule has 0 radical (unpaired) electrons. The second-order valence-corrected chi connectivity index (χ2v) is 5.61. The lowest BCUT2D eigenvalue weighted by molar-refractivity contribution is -0.137. The van der Waals surface area contributed by atoms with Crippen LogP contribution >= 0.6 is 0 Å². The Morgan fingerprint density at radius 3 is 2.31 bits per heavy atom. The van der Waals surface area contributed by atoms with Crippen molar-refractivity contribution in [2.75, 3.05) is 26.5 Å². The molecule has 0 aromatic heterocycles. The number of alkyl halides is 3. The lowest BCUT2D eigenvalue weighted by Gasteiger charge is -2.16. The monoisotopic (exact) mass is 366 g/mol. The van der Waals surface area contributed by atoms with Crippen molar-refractivity contribution >= 4 is 17.5 Å². The standard InChI is InChI=1S/C18H17F3N2O3/c1-23(2)17(25)11-8-9-15(26-3)14(10-11)22-16(24)12-6-4-5-7-13(12)18(19,20)21/h4-10H,1-3H3,(H,22,24). The first kappa shape index (κ1) is 19.3. The Hall–Kier alpha value is -3.03. The van der Waals surface area contributed by atoms with Gasteiger partial charge in [0.15, 0.2) is 0 Å². The van der Waals surface area contributed by atoms with Crippen LogP contribution < -0.4 is 10.1 Å². The molecular weight excluding hydrogens is 349 g/mol. The number of rotatable bonds is 4. The van der Waals surface area contributed by atoms with Gasteiger partial charge in [0.05, 0.1) is 23.9 Å². The van der Waals surface area contributed by atoms with Crippen molar-refractivity contribution in [2.24, 2.45) is 0 Å². The van der Waals surface area contributed by atoms with Crippen LogP contribution in [0.4, 0.5) is 18.9 Å². The Kier molecular flexibility index (Phi) is 5.54.